The van der Waals surface area contributed by atoms with E-state index in [2.05, 4.69) is 5.32 Å². The maximum atomic E-state index is 13.4. The van der Waals surface area contributed by atoms with Crippen LogP contribution >= 0.6 is 0 Å². The number of carboxylic acids is 1. The Morgan fingerprint density at radius 2 is 2.12 bits per heavy atom. The molecule has 0 bridgehead atoms. The van der Waals surface area contributed by atoms with Gasteiger partial charge in [0.2, 0.25) is 0 Å². The van der Waals surface area contributed by atoms with Crippen molar-refractivity contribution in [3.05, 3.63) is 23.5 Å². The zero-order valence-electron chi connectivity index (χ0n) is 9.62. The minimum Gasteiger partial charge on any atom is -0.478 e. The second-order valence-electron chi connectivity index (χ2n) is 4.39. The minimum absolute atomic E-state index is 0.119. The number of hydrogen-bond acceptors (Lipinski definition) is 4. The summed E-state index contributed by atoms with van der Waals surface area (Å²) in [6.07, 6.45) is 0. The van der Waals surface area contributed by atoms with Gasteiger partial charge in [-0.05, 0) is 26.0 Å². The second kappa shape index (κ2) is 4.58. The quantitative estimate of drug-likeness (QED) is 0.597. The lowest BCUT2D eigenvalue weighted by atomic mass is 10.1. The maximum absolute atomic E-state index is 13.4. The summed E-state index contributed by atoms with van der Waals surface area (Å²) in [5.74, 6) is -2.24. The highest BCUT2D eigenvalue weighted by Crippen LogP contribution is 2.23. The number of halogens is 1. The van der Waals surface area contributed by atoms with Gasteiger partial charge in [-0.2, -0.15) is 0 Å². The molecule has 1 aromatic carbocycles. The van der Waals surface area contributed by atoms with E-state index in [1.54, 1.807) is 13.8 Å². The summed E-state index contributed by atoms with van der Waals surface area (Å²) in [4.78, 5) is 10.6. The zero-order chi connectivity index (χ0) is 13.2. The van der Waals surface area contributed by atoms with Crippen LogP contribution in [0.15, 0.2) is 12.1 Å². The SMILES string of the molecule is CC(C)(O)CNc1cc(F)c(C(=O)O)cc1N. The van der Waals surface area contributed by atoms with Crippen molar-refractivity contribution in [1.82, 2.24) is 0 Å². The van der Waals surface area contributed by atoms with Crippen LogP contribution in [0.5, 0.6) is 0 Å². The van der Waals surface area contributed by atoms with E-state index in [1.165, 1.54) is 0 Å². The maximum Gasteiger partial charge on any atom is 0.338 e. The van der Waals surface area contributed by atoms with Crippen LogP contribution in [0.4, 0.5) is 15.8 Å². The van der Waals surface area contributed by atoms with Crippen LogP contribution in [0.25, 0.3) is 0 Å². The Morgan fingerprint density at radius 3 is 2.59 bits per heavy atom. The van der Waals surface area contributed by atoms with E-state index < -0.39 is 23.0 Å². The van der Waals surface area contributed by atoms with Gasteiger partial charge in [-0.25, -0.2) is 9.18 Å². The molecule has 0 heterocycles. The van der Waals surface area contributed by atoms with Gasteiger partial charge < -0.3 is 21.3 Å². The van der Waals surface area contributed by atoms with E-state index in [0.717, 1.165) is 12.1 Å². The molecule has 0 aliphatic heterocycles. The fraction of sp³-hybridized carbons (Fsp3) is 0.364. The van der Waals surface area contributed by atoms with Crippen LogP contribution in [0, 0.1) is 5.82 Å². The van der Waals surface area contributed by atoms with Crippen molar-refractivity contribution in [3.63, 3.8) is 0 Å². The molecule has 0 atom stereocenters. The largest absolute Gasteiger partial charge is 0.478 e. The van der Waals surface area contributed by atoms with Gasteiger partial charge in [-0.1, -0.05) is 0 Å². The van der Waals surface area contributed by atoms with Crippen LogP contribution in [0.3, 0.4) is 0 Å². The molecule has 0 amide bonds. The molecule has 0 fully saturated rings. The summed E-state index contributed by atoms with van der Waals surface area (Å²) in [6, 6.07) is 2.05. The molecule has 0 aliphatic rings. The third-order valence-electron chi connectivity index (χ3n) is 2.08. The number of nitrogens with one attached hydrogen (secondary N) is 1. The number of rotatable bonds is 4. The van der Waals surface area contributed by atoms with E-state index in [-0.39, 0.29) is 17.9 Å². The van der Waals surface area contributed by atoms with E-state index in [1.807, 2.05) is 0 Å². The molecule has 1 rings (SSSR count). The molecule has 0 saturated heterocycles. The van der Waals surface area contributed by atoms with Crippen LogP contribution in [-0.4, -0.2) is 28.3 Å². The summed E-state index contributed by atoms with van der Waals surface area (Å²) in [5, 5.41) is 20.9. The number of carbonyl (C=O) groups is 1. The Bertz CT molecular complexity index is 441. The van der Waals surface area contributed by atoms with Crippen molar-refractivity contribution >= 4 is 17.3 Å². The van der Waals surface area contributed by atoms with Gasteiger partial charge in [0.25, 0.3) is 0 Å². The normalized spacial score (nSPS) is 11.3. The van der Waals surface area contributed by atoms with E-state index >= 15 is 0 Å². The van der Waals surface area contributed by atoms with Gasteiger partial charge in [-0.15, -0.1) is 0 Å². The molecule has 0 spiro atoms. The van der Waals surface area contributed by atoms with Crippen molar-refractivity contribution in [2.45, 2.75) is 19.4 Å². The predicted molar refractivity (Wildman–Crippen MR) is 62.6 cm³/mol. The number of anilines is 2. The Labute approximate surface area is 98.1 Å². The summed E-state index contributed by atoms with van der Waals surface area (Å²) in [5.41, 5.74) is 4.51. The monoisotopic (exact) mass is 242 g/mol. The number of benzene rings is 1. The Balaban J connectivity index is 2.96. The summed E-state index contributed by atoms with van der Waals surface area (Å²) in [6.45, 7) is 3.33. The smallest absolute Gasteiger partial charge is 0.338 e. The molecular formula is C11H15FN2O3. The van der Waals surface area contributed by atoms with E-state index in [0.29, 0.717) is 0 Å². The molecule has 0 aliphatic carbocycles. The van der Waals surface area contributed by atoms with Crippen LogP contribution < -0.4 is 11.1 Å². The van der Waals surface area contributed by atoms with Gasteiger partial charge in [0.1, 0.15) is 5.82 Å². The molecule has 6 heteroatoms. The standard InChI is InChI=1S/C11H15FN2O3/c1-11(2,17)5-14-9-4-7(12)6(10(15)16)3-8(9)13/h3-4,14,17H,5,13H2,1-2H3,(H,15,16). The van der Waals surface area contributed by atoms with Crippen molar-refractivity contribution in [1.29, 1.82) is 0 Å². The van der Waals surface area contributed by atoms with Crippen LogP contribution in [0.1, 0.15) is 24.2 Å². The lowest BCUT2D eigenvalue weighted by Crippen LogP contribution is -2.29. The number of nitrogen functional groups attached to an aromatic ring is 1. The second-order valence-corrected chi connectivity index (χ2v) is 4.39. The van der Waals surface area contributed by atoms with E-state index in [9.17, 15) is 14.3 Å². The first-order valence-corrected chi connectivity index (χ1v) is 4.99. The third-order valence-corrected chi connectivity index (χ3v) is 2.08. The Kier molecular flexibility index (Phi) is 3.57. The molecule has 5 N–H and O–H groups in total. The van der Waals surface area contributed by atoms with Crippen molar-refractivity contribution in [2.24, 2.45) is 0 Å². The number of aliphatic hydroxyl groups is 1. The average Bonchev–Trinajstić information content (AvgIpc) is 2.17. The molecule has 5 nitrogen and oxygen atoms in total. The molecule has 94 valence electrons. The molecule has 0 radical (unpaired) electrons. The van der Waals surface area contributed by atoms with E-state index in [4.69, 9.17) is 10.8 Å². The van der Waals surface area contributed by atoms with Crippen molar-refractivity contribution in [3.8, 4) is 0 Å². The molecule has 0 unspecified atom stereocenters. The average molecular weight is 242 g/mol. The zero-order valence-corrected chi connectivity index (χ0v) is 9.62. The fourth-order valence-electron chi connectivity index (χ4n) is 1.22. The molecule has 0 saturated carbocycles. The highest BCUT2D eigenvalue weighted by atomic mass is 19.1. The van der Waals surface area contributed by atoms with Crippen molar-refractivity contribution < 1.29 is 19.4 Å². The van der Waals surface area contributed by atoms with Crippen LogP contribution in [0.2, 0.25) is 0 Å². The predicted octanol–water partition coefficient (Wildman–Crippen LogP) is 1.29. The van der Waals surface area contributed by atoms with Gasteiger partial charge in [-0.3, -0.25) is 0 Å². The first-order chi connectivity index (χ1) is 7.70. The summed E-state index contributed by atoms with van der Waals surface area (Å²) < 4.78 is 13.4. The lowest BCUT2D eigenvalue weighted by molar-refractivity contribution is 0.0691. The number of nitrogens with two attached hydrogens (primary N) is 1. The highest BCUT2D eigenvalue weighted by Gasteiger charge is 2.16. The van der Waals surface area contributed by atoms with Crippen molar-refractivity contribution in [2.75, 3.05) is 17.6 Å². The minimum atomic E-state index is -1.37. The number of hydrogen-bond donors (Lipinski definition) is 4. The summed E-state index contributed by atoms with van der Waals surface area (Å²) >= 11 is 0. The highest BCUT2D eigenvalue weighted by molar-refractivity contribution is 5.90. The molecule has 17 heavy (non-hydrogen) atoms. The Morgan fingerprint density at radius 1 is 1.53 bits per heavy atom. The first kappa shape index (κ1) is 13.2. The van der Waals surface area contributed by atoms with Gasteiger partial charge in [0.15, 0.2) is 0 Å². The number of aromatic carboxylic acids is 1. The first-order valence-electron chi connectivity index (χ1n) is 4.99. The van der Waals surface area contributed by atoms with Crippen LogP contribution in [-0.2, 0) is 0 Å². The molecular weight excluding hydrogens is 227 g/mol. The third kappa shape index (κ3) is 3.60. The van der Waals surface area contributed by atoms with Gasteiger partial charge in [0, 0.05) is 6.54 Å². The molecule has 0 aromatic heterocycles. The molecule has 1 aromatic rings. The van der Waals surface area contributed by atoms with Gasteiger partial charge in [0.05, 0.1) is 22.5 Å². The Hall–Kier alpha value is -1.82. The summed E-state index contributed by atoms with van der Waals surface area (Å²) in [7, 11) is 0. The fourth-order valence-corrected chi connectivity index (χ4v) is 1.22. The number of carboxylic acid groups (broad SMARTS) is 1. The topological polar surface area (TPSA) is 95.6 Å². The lowest BCUT2D eigenvalue weighted by Gasteiger charge is -2.19. The van der Waals surface area contributed by atoms with Gasteiger partial charge >= 0.3 is 5.97 Å².